The quantitative estimate of drug-likeness (QED) is 0.167. The highest BCUT2D eigenvalue weighted by molar-refractivity contribution is 7.26. The molecule has 2 aromatic heterocycles. The van der Waals surface area contributed by atoms with Crippen molar-refractivity contribution in [1.29, 1.82) is 0 Å². The fourth-order valence-electron chi connectivity index (χ4n) is 12.3. The van der Waals surface area contributed by atoms with E-state index in [9.17, 15) is 0 Å². The summed E-state index contributed by atoms with van der Waals surface area (Å²) in [6.07, 6.45) is 8.44. The van der Waals surface area contributed by atoms with Crippen molar-refractivity contribution in [2.24, 2.45) is 17.8 Å². The first kappa shape index (κ1) is 33.8. The molecule has 0 amide bonds. The first-order valence-electron chi connectivity index (χ1n) is 21.5. The maximum absolute atomic E-state index is 6.97. The number of hydrogen-bond acceptors (Lipinski definition) is 3. The first-order valence-corrected chi connectivity index (χ1v) is 22.3. The molecule has 4 fully saturated rings. The van der Waals surface area contributed by atoms with Crippen LogP contribution in [-0.2, 0) is 5.41 Å². The van der Waals surface area contributed by atoms with E-state index in [-0.39, 0.29) is 0 Å². The summed E-state index contributed by atoms with van der Waals surface area (Å²) < 4.78 is 9.54. The molecule has 3 heteroatoms. The zero-order valence-electron chi connectivity index (χ0n) is 32.9. The Morgan fingerprint density at radius 3 is 1.93 bits per heavy atom. The average molecular weight is 778 g/mol. The molecule has 0 radical (unpaired) electrons. The minimum Gasteiger partial charge on any atom is -0.456 e. The summed E-state index contributed by atoms with van der Waals surface area (Å²) in [5, 5.41) is 7.46. The van der Waals surface area contributed by atoms with Gasteiger partial charge in [-0.05, 0) is 131 Å². The van der Waals surface area contributed by atoms with E-state index in [1.807, 2.05) is 11.3 Å². The third-order valence-electron chi connectivity index (χ3n) is 14.4. The third-order valence-corrected chi connectivity index (χ3v) is 15.6. The molecule has 0 saturated heterocycles. The van der Waals surface area contributed by atoms with Gasteiger partial charge in [-0.25, -0.2) is 0 Å². The van der Waals surface area contributed by atoms with Gasteiger partial charge in [-0.2, -0.15) is 0 Å². The second-order valence-corrected chi connectivity index (χ2v) is 18.9. The van der Waals surface area contributed by atoms with E-state index in [1.54, 1.807) is 0 Å². The van der Waals surface area contributed by atoms with Gasteiger partial charge in [0.05, 0.1) is 16.1 Å². The molecule has 4 aliphatic rings. The Balaban J connectivity index is 1.02. The Hall–Kier alpha value is -6.16. The standard InChI is InChI=1S/C56H43NOS/c1-2-11-38(12-3-1)42-17-8-13-39-14-9-18-47(54(39)42)43-15-4-6-20-49(43)57(50-21-10-19-48-46-16-5-7-22-53(46)59-55(48)50)41-24-26-45-44-25-23-40(30-51(44)58-52(45)31-41)56-32-35-27-36(33-56)29-37(28-35)34-56/h1-26,30-31,35-37H,27-29,32-34H2. The lowest BCUT2D eigenvalue weighted by Gasteiger charge is -2.57. The largest absolute Gasteiger partial charge is 0.456 e. The first-order chi connectivity index (χ1) is 29.2. The number of thiophene rings is 1. The molecule has 14 rings (SSSR count). The van der Waals surface area contributed by atoms with Crippen LogP contribution in [0.2, 0.25) is 0 Å². The fourth-order valence-corrected chi connectivity index (χ4v) is 13.5. The molecule has 59 heavy (non-hydrogen) atoms. The van der Waals surface area contributed by atoms with Crippen LogP contribution in [0.5, 0.6) is 0 Å². The monoisotopic (exact) mass is 777 g/mol. The molecule has 0 N–H and O–H groups in total. The van der Waals surface area contributed by atoms with Crippen molar-refractivity contribution in [3.05, 3.63) is 175 Å². The highest BCUT2D eigenvalue weighted by Gasteiger charge is 2.51. The normalized spacial score (nSPS) is 21.1. The Bertz CT molecular complexity index is 3240. The summed E-state index contributed by atoms with van der Waals surface area (Å²) in [7, 11) is 0. The van der Waals surface area contributed by atoms with Crippen LogP contribution < -0.4 is 4.90 Å². The smallest absolute Gasteiger partial charge is 0.137 e. The molecule has 0 spiro atoms. The predicted molar refractivity (Wildman–Crippen MR) is 250 cm³/mol. The average Bonchev–Trinajstić information content (AvgIpc) is 3.84. The molecular formula is C56H43NOS. The zero-order chi connectivity index (χ0) is 38.7. The van der Waals surface area contributed by atoms with E-state index >= 15 is 0 Å². The molecule has 2 nitrogen and oxygen atoms in total. The van der Waals surface area contributed by atoms with Gasteiger partial charge in [0.15, 0.2) is 0 Å². The SMILES string of the molecule is c1ccc(-c2cccc3cccc(-c4ccccc4N(c4ccc5c(c4)oc4cc(C67CC8CC(CC(C8)C6)C7)ccc45)c4cccc5c4sc4ccccc45)c23)cc1. The van der Waals surface area contributed by atoms with Crippen LogP contribution in [0, 0.1) is 17.8 Å². The van der Waals surface area contributed by atoms with Gasteiger partial charge in [-0.15, -0.1) is 11.3 Å². The van der Waals surface area contributed by atoms with Gasteiger partial charge in [-0.1, -0.05) is 127 Å². The zero-order valence-corrected chi connectivity index (χ0v) is 33.7. The van der Waals surface area contributed by atoms with E-state index in [1.165, 1.54) is 114 Å². The lowest BCUT2D eigenvalue weighted by Crippen LogP contribution is -2.48. The number of anilines is 3. The molecule has 0 aliphatic heterocycles. The van der Waals surface area contributed by atoms with Crippen molar-refractivity contribution >= 4 is 81.3 Å². The van der Waals surface area contributed by atoms with Gasteiger partial charge >= 0.3 is 0 Å². The molecule has 4 bridgehead atoms. The van der Waals surface area contributed by atoms with E-state index in [2.05, 4.69) is 175 Å². The Morgan fingerprint density at radius 2 is 1.12 bits per heavy atom. The minimum atomic E-state index is 0.332. The van der Waals surface area contributed by atoms with E-state index < -0.39 is 0 Å². The summed E-state index contributed by atoms with van der Waals surface area (Å²) in [5.74, 6) is 2.73. The van der Waals surface area contributed by atoms with Gasteiger partial charge in [0.25, 0.3) is 0 Å². The Morgan fingerprint density at radius 1 is 0.492 bits per heavy atom. The second kappa shape index (κ2) is 12.9. The van der Waals surface area contributed by atoms with Crippen LogP contribution in [-0.4, -0.2) is 0 Å². The molecule has 284 valence electrons. The molecule has 8 aromatic carbocycles. The molecule has 4 saturated carbocycles. The van der Waals surface area contributed by atoms with Gasteiger partial charge < -0.3 is 9.32 Å². The molecular weight excluding hydrogens is 735 g/mol. The summed E-state index contributed by atoms with van der Waals surface area (Å²) in [4.78, 5) is 2.49. The van der Waals surface area contributed by atoms with Gasteiger partial charge in [-0.3, -0.25) is 0 Å². The number of nitrogens with zero attached hydrogens (tertiary/aromatic N) is 1. The van der Waals surface area contributed by atoms with Crippen molar-refractivity contribution in [2.45, 2.75) is 43.9 Å². The number of hydrogen-bond donors (Lipinski definition) is 0. The topological polar surface area (TPSA) is 16.4 Å². The van der Waals surface area contributed by atoms with Crippen molar-refractivity contribution in [3.8, 4) is 22.3 Å². The summed E-state index contributed by atoms with van der Waals surface area (Å²) in [6, 6.07) is 63.0. The van der Waals surface area contributed by atoms with Crippen molar-refractivity contribution < 1.29 is 4.42 Å². The lowest BCUT2D eigenvalue weighted by atomic mass is 9.48. The van der Waals surface area contributed by atoms with Crippen LogP contribution >= 0.6 is 11.3 Å². The second-order valence-electron chi connectivity index (χ2n) is 17.9. The maximum atomic E-state index is 6.97. The molecule has 2 heterocycles. The number of rotatable bonds is 6. The summed E-state index contributed by atoms with van der Waals surface area (Å²) in [6.45, 7) is 0. The lowest BCUT2D eigenvalue weighted by molar-refractivity contribution is -0.00515. The van der Waals surface area contributed by atoms with Gasteiger partial charge in [0, 0.05) is 43.6 Å². The van der Waals surface area contributed by atoms with Crippen LogP contribution in [0.15, 0.2) is 174 Å². The highest BCUT2D eigenvalue weighted by atomic mass is 32.1. The minimum absolute atomic E-state index is 0.332. The van der Waals surface area contributed by atoms with E-state index in [4.69, 9.17) is 4.42 Å². The Kier molecular flexibility index (Phi) is 7.40. The van der Waals surface area contributed by atoms with Crippen LogP contribution in [0.25, 0.3) is 75.1 Å². The number of fused-ring (bicyclic) bond motifs is 7. The van der Waals surface area contributed by atoms with Crippen LogP contribution in [0.1, 0.15) is 44.1 Å². The van der Waals surface area contributed by atoms with Crippen molar-refractivity contribution in [1.82, 2.24) is 0 Å². The number of para-hydroxylation sites is 1. The molecule has 4 aliphatic carbocycles. The van der Waals surface area contributed by atoms with E-state index in [0.29, 0.717) is 5.41 Å². The molecule has 0 unspecified atom stereocenters. The third kappa shape index (κ3) is 5.23. The number of benzene rings is 8. The molecule has 0 atom stereocenters. The number of furan rings is 1. The van der Waals surface area contributed by atoms with Gasteiger partial charge in [0.1, 0.15) is 11.2 Å². The fraction of sp³-hybridized carbons (Fsp3) is 0.179. The Labute approximate surface area is 348 Å². The van der Waals surface area contributed by atoms with Crippen LogP contribution in [0.4, 0.5) is 17.1 Å². The summed E-state index contributed by atoms with van der Waals surface area (Å²) in [5.41, 5.74) is 12.0. The van der Waals surface area contributed by atoms with Crippen LogP contribution in [0.3, 0.4) is 0 Å². The highest BCUT2D eigenvalue weighted by Crippen LogP contribution is 2.61. The maximum Gasteiger partial charge on any atom is 0.137 e. The van der Waals surface area contributed by atoms with E-state index in [0.717, 1.165) is 40.3 Å². The van der Waals surface area contributed by atoms with Gasteiger partial charge in [0.2, 0.25) is 0 Å². The predicted octanol–water partition coefficient (Wildman–Crippen LogP) is 16.4. The van der Waals surface area contributed by atoms with Crippen molar-refractivity contribution in [3.63, 3.8) is 0 Å². The van der Waals surface area contributed by atoms with Crippen molar-refractivity contribution in [2.75, 3.05) is 4.90 Å². The summed E-state index contributed by atoms with van der Waals surface area (Å²) >= 11 is 1.88. The molecule has 10 aromatic rings.